The lowest BCUT2D eigenvalue weighted by molar-refractivity contribution is -0.00257. The lowest BCUT2D eigenvalue weighted by atomic mass is 9.88. The molecule has 3 aliphatic rings. The quantitative estimate of drug-likeness (QED) is 0.738. The number of amides is 1. The van der Waals surface area contributed by atoms with E-state index < -0.39 is 11.2 Å². The van der Waals surface area contributed by atoms with Gasteiger partial charge in [0, 0.05) is 25.1 Å². The van der Waals surface area contributed by atoms with Crippen LogP contribution in [0.3, 0.4) is 0 Å². The molecule has 0 spiro atoms. The average Bonchev–Trinajstić information content (AvgIpc) is 2.72. The molecule has 2 heterocycles. The second kappa shape index (κ2) is 5.96. The highest BCUT2D eigenvalue weighted by Gasteiger charge is 2.43. The van der Waals surface area contributed by atoms with Gasteiger partial charge in [0.05, 0.1) is 6.54 Å². The molecular formula is C19H27NO4. The lowest BCUT2D eigenvalue weighted by Crippen LogP contribution is -2.47. The van der Waals surface area contributed by atoms with E-state index in [0.717, 1.165) is 12.2 Å². The number of allylic oxidation sites excluding steroid dienone is 3. The zero-order chi connectivity index (χ0) is 17.5. The van der Waals surface area contributed by atoms with Crippen LogP contribution >= 0.6 is 0 Å². The van der Waals surface area contributed by atoms with Gasteiger partial charge < -0.3 is 19.1 Å². The molecule has 0 radical (unpaired) electrons. The maximum absolute atomic E-state index is 12.3. The fourth-order valence-corrected chi connectivity index (χ4v) is 3.40. The van der Waals surface area contributed by atoms with Crippen LogP contribution in [0.5, 0.6) is 0 Å². The van der Waals surface area contributed by atoms with E-state index in [1.165, 1.54) is 5.57 Å². The minimum atomic E-state index is -0.480. The number of carbonyl (C=O) groups is 1. The number of hydrogen-bond acceptors (Lipinski definition) is 4. The molecule has 5 nitrogen and oxygen atoms in total. The first-order valence-electron chi connectivity index (χ1n) is 8.53. The summed E-state index contributed by atoms with van der Waals surface area (Å²) < 4.78 is 17.2. The summed E-state index contributed by atoms with van der Waals surface area (Å²) in [5.41, 5.74) is 0.263. The van der Waals surface area contributed by atoms with E-state index >= 15 is 0 Å². The van der Waals surface area contributed by atoms with Crippen LogP contribution in [0.4, 0.5) is 4.79 Å². The predicted octanol–water partition coefficient (Wildman–Crippen LogP) is 3.43. The van der Waals surface area contributed by atoms with Crippen molar-refractivity contribution in [3.8, 4) is 0 Å². The molecule has 3 unspecified atom stereocenters. The summed E-state index contributed by atoms with van der Waals surface area (Å²) in [4.78, 5) is 14.1. The first kappa shape index (κ1) is 17.1. The third-order valence-corrected chi connectivity index (χ3v) is 4.73. The molecule has 24 heavy (non-hydrogen) atoms. The maximum atomic E-state index is 12.3. The van der Waals surface area contributed by atoms with Crippen LogP contribution in [-0.2, 0) is 14.2 Å². The Balaban J connectivity index is 1.75. The van der Waals surface area contributed by atoms with Gasteiger partial charge in [0.15, 0.2) is 0 Å². The van der Waals surface area contributed by atoms with Gasteiger partial charge in [0.1, 0.15) is 23.1 Å². The molecule has 2 aliphatic heterocycles. The van der Waals surface area contributed by atoms with E-state index in [9.17, 15) is 4.79 Å². The SMILES string of the molecule is COC1(C)C=CC=C2C(=C1)OC1CN(C(=O)OC(C)(C)C)CCC21. The van der Waals surface area contributed by atoms with E-state index in [0.29, 0.717) is 19.0 Å². The largest absolute Gasteiger partial charge is 0.488 e. The molecule has 0 bridgehead atoms. The summed E-state index contributed by atoms with van der Waals surface area (Å²) in [5, 5.41) is 0. The Labute approximate surface area is 143 Å². The van der Waals surface area contributed by atoms with Gasteiger partial charge in [-0.05, 0) is 46.3 Å². The Bertz CT molecular complexity index is 613. The highest BCUT2D eigenvalue weighted by molar-refractivity contribution is 5.68. The minimum absolute atomic E-state index is 0.0172. The van der Waals surface area contributed by atoms with Gasteiger partial charge in [-0.15, -0.1) is 0 Å². The van der Waals surface area contributed by atoms with E-state index in [1.54, 1.807) is 12.0 Å². The molecule has 132 valence electrons. The minimum Gasteiger partial charge on any atom is -0.488 e. The van der Waals surface area contributed by atoms with E-state index in [2.05, 4.69) is 6.08 Å². The third-order valence-electron chi connectivity index (χ3n) is 4.73. The van der Waals surface area contributed by atoms with Crippen LogP contribution in [0.15, 0.2) is 35.6 Å². The van der Waals surface area contributed by atoms with Gasteiger partial charge in [-0.1, -0.05) is 12.2 Å². The van der Waals surface area contributed by atoms with E-state index in [1.807, 2.05) is 45.9 Å². The molecule has 0 N–H and O–H groups in total. The van der Waals surface area contributed by atoms with Crippen LogP contribution in [0.1, 0.15) is 34.1 Å². The van der Waals surface area contributed by atoms with Gasteiger partial charge in [0.2, 0.25) is 0 Å². The number of hydrogen-bond donors (Lipinski definition) is 0. The molecule has 0 aromatic carbocycles. The normalized spacial score (nSPS) is 32.1. The number of piperidine rings is 1. The Morgan fingerprint density at radius 1 is 1.42 bits per heavy atom. The summed E-state index contributed by atoms with van der Waals surface area (Å²) in [7, 11) is 1.69. The van der Waals surface area contributed by atoms with Crippen LogP contribution in [0.2, 0.25) is 0 Å². The zero-order valence-electron chi connectivity index (χ0n) is 15.2. The predicted molar refractivity (Wildman–Crippen MR) is 91.5 cm³/mol. The second-order valence-electron chi connectivity index (χ2n) is 7.86. The number of likely N-dealkylation sites (tertiary alicyclic amines) is 1. The zero-order valence-corrected chi connectivity index (χ0v) is 15.2. The van der Waals surface area contributed by atoms with Crippen molar-refractivity contribution in [2.45, 2.75) is 51.4 Å². The Morgan fingerprint density at radius 3 is 2.83 bits per heavy atom. The van der Waals surface area contributed by atoms with Gasteiger partial charge in [-0.25, -0.2) is 4.79 Å². The molecule has 5 heteroatoms. The molecular weight excluding hydrogens is 306 g/mol. The first-order valence-corrected chi connectivity index (χ1v) is 8.53. The molecule has 1 aliphatic carbocycles. The summed E-state index contributed by atoms with van der Waals surface area (Å²) in [6, 6.07) is 0. The standard InChI is InChI=1S/C19H27NO4/c1-18(2,3)24-17(21)20-10-8-14-13-7-6-9-19(4,22-5)11-15(13)23-16(14)12-20/h6-7,9,11,14,16H,8,10,12H2,1-5H3. The molecule has 1 amide bonds. The van der Waals surface area contributed by atoms with Crippen molar-refractivity contribution in [3.63, 3.8) is 0 Å². The number of rotatable bonds is 1. The van der Waals surface area contributed by atoms with Crippen LogP contribution < -0.4 is 0 Å². The molecule has 0 aromatic heterocycles. The molecule has 3 rings (SSSR count). The van der Waals surface area contributed by atoms with Gasteiger partial charge >= 0.3 is 6.09 Å². The summed E-state index contributed by atoms with van der Waals surface area (Å²) in [6.07, 6.45) is 8.80. The van der Waals surface area contributed by atoms with Gasteiger partial charge in [0.25, 0.3) is 0 Å². The third kappa shape index (κ3) is 3.36. The highest BCUT2D eigenvalue weighted by Crippen LogP contribution is 2.42. The molecule has 2 fully saturated rings. The number of fused-ring (bicyclic) bond motifs is 3. The average molecular weight is 333 g/mol. The van der Waals surface area contributed by atoms with Crippen molar-refractivity contribution >= 4 is 6.09 Å². The summed E-state index contributed by atoms with van der Waals surface area (Å²) in [5.74, 6) is 1.20. The van der Waals surface area contributed by atoms with Crippen LogP contribution in [0, 0.1) is 5.92 Å². The van der Waals surface area contributed by atoms with Crippen molar-refractivity contribution in [3.05, 3.63) is 35.6 Å². The molecule has 3 atom stereocenters. The Hall–Kier alpha value is -1.75. The van der Waals surface area contributed by atoms with Crippen LogP contribution in [0.25, 0.3) is 0 Å². The van der Waals surface area contributed by atoms with Crippen molar-refractivity contribution in [2.75, 3.05) is 20.2 Å². The summed E-state index contributed by atoms with van der Waals surface area (Å²) in [6.45, 7) is 8.91. The summed E-state index contributed by atoms with van der Waals surface area (Å²) >= 11 is 0. The van der Waals surface area contributed by atoms with E-state index in [-0.39, 0.29) is 12.2 Å². The number of ether oxygens (including phenoxy) is 3. The molecule has 0 aromatic rings. The van der Waals surface area contributed by atoms with E-state index in [4.69, 9.17) is 14.2 Å². The lowest BCUT2D eigenvalue weighted by Gasteiger charge is -2.34. The number of methoxy groups -OCH3 is 1. The topological polar surface area (TPSA) is 48.0 Å². The van der Waals surface area contributed by atoms with Crippen molar-refractivity contribution in [1.82, 2.24) is 4.90 Å². The fraction of sp³-hybridized carbons (Fsp3) is 0.632. The monoisotopic (exact) mass is 333 g/mol. The Kier molecular flexibility index (Phi) is 4.24. The number of carbonyl (C=O) groups excluding carboxylic acids is 1. The highest BCUT2D eigenvalue weighted by atomic mass is 16.6. The smallest absolute Gasteiger partial charge is 0.410 e. The van der Waals surface area contributed by atoms with Gasteiger partial charge in [-0.3, -0.25) is 0 Å². The first-order chi connectivity index (χ1) is 11.2. The second-order valence-corrected chi connectivity index (χ2v) is 7.86. The molecule has 2 saturated heterocycles. The van der Waals surface area contributed by atoms with Crippen molar-refractivity contribution in [2.24, 2.45) is 5.92 Å². The maximum Gasteiger partial charge on any atom is 0.410 e. The van der Waals surface area contributed by atoms with Crippen LogP contribution in [-0.4, -0.2) is 48.5 Å². The molecule has 0 saturated carbocycles. The fourth-order valence-electron chi connectivity index (χ4n) is 3.40. The van der Waals surface area contributed by atoms with Crippen molar-refractivity contribution in [1.29, 1.82) is 0 Å². The number of nitrogens with zero attached hydrogens (tertiary/aromatic N) is 1. The van der Waals surface area contributed by atoms with Gasteiger partial charge in [-0.2, -0.15) is 0 Å². The van der Waals surface area contributed by atoms with Crippen molar-refractivity contribution < 1.29 is 19.0 Å². The Morgan fingerprint density at radius 2 is 2.17 bits per heavy atom.